The molecule has 2 heterocycles. The summed E-state index contributed by atoms with van der Waals surface area (Å²) < 4.78 is 0. The summed E-state index contributed by atoms with van der Waals surface area (Å²) in [5.41, 5.74) is 7.19. The number of oxime groups is 1. The highest BCUT2D eigenvalue weighted by Crippen LogP contribution is 2.06. The van der Waals surface area contributed by atoms with Gasteiger partial charge in [-0.25, -0.2) is 0 Å². The van der Waals surface area contributed by atoms with E-state index in [-0.39, 0.29) is 17.4 Å². The second-order valence-electron chi connectivity index (χ2n) is 3.73. The van der Waals surface area contributed by atoms with Gasteiger partial charge in [0.2, 0.25) is 0 Å². The summed E-state index contributed by atoms with van der Waals surface area (Å²) >= 11 is 1.58. The molecule has 0 atom stereocenters. The van der Waals surface area contributed by atoms with Gasteiger partial charge in [-0.3, -0.25) is 9.78 Å². The highest BCUT2D eigenvalue weighted by Gasteiger charge is 2.08. The molecule has 6 nitrogen and oxygen atoms in total. The number of carbonyl (C=O) groups is 1. The highest BCUT2D eigenvalue weighted by atomic mass is 32.1. The summed E-state index contributed by atoms with van der Waals surface area (Å²) in [5, 5.41) is 18.0. The number of hydrogen-bond donors (Lipinski definition) is 3. The molecule has 98 valence electrons. The molecule has 0 aliphatic rings. The first-order chi connectivity index (χ1) is 9.20. The van der Waals surface area contributed by atoms with Crippen LogP contribution < -0.4 is 11.1 Å². The van der Waals surface area contributed by atoms with Crippen molar-refractivity contribution in [3.8, 4) is 0 Å². The standard InChI is InChI=1S/C12H12N4O2S/c13-11(16-18)9-1-2-10(14-6-9)12(17)15-5-8-3-4-19-7-8/h1-4,6-7,18H,5H2,(H2,13,16)(H,15,17). The first kappa shape index (κ1) is 13.0. The van der Waals surface area contributed by atoms with Gasteiger partial charge in [-0.05, 0) is 34.5 Å². The summed E-state index contributed by atoms with van der Waals surface area (Å²) in [5.74, 6) is -0.310. The minimum absolute atomic E-state index is 0.0438. The summed E-state index contributed by atoms with van der Waals surface area (Å²) in [7, 11) is 0. The van der Waals surface area contributed by atoms with Crippen LogP contribution in [0.1, 0.15) is 21.6 Å². The molecule has 0 aliphatic heterocycles. The SMILES string of the molecule is NC(=NO)c1ccc(C(=O)NCc2ccsc2)nc1. The number of pyridine rings is 1. The third kappa shape index (κ3) is 3.29. The molecule has 2 rings (SSSR count). The molecule has 0 fully saturated rings. The van der Waals surface area contributed by atoms with Crippen LogP contribution in [-0.2, 0) is 6.54 Å². The molecule has 2 aromatic heterocycles. The van der Waals surface area contributed by atoms with Crippen molar-refractivity contribution >= 4 is 23.1 Å². The number of nitrogens with zero attached hydrogens (tertiary/aromatic N) is 2. The van der Waals surface area contributed by atoms with Crippen LogP contribution in [0.2, 0.25) is 0 Å². The van der Waals surface area contributed by atoms with E-state index in [4.69, 9.17) is 10.9 Å². The van der Waals surface area contributed by atoms with E-state index in [9.17, 15) is 4.79 Å². The molecule has 7 heteroatoms. The summed E-state index contributed by atoms with van der Waals surface area (Å²) in [6.07, 6.45) is 1.38. The van der Waals surface area contributed by atoms with E-state index in [0.29, 0.717) is 12.1 Å². The Morgan fingerprint density at radius 2 is 2.32 bits per heavy atom. The molecule has 0 bridgehead atoms. The maximum atomic E-state index is 11.8. The van der Waals surface area contributed by atoms with Gasteiger partial charge in [0.1, 0.15) is 5.69 Å². The van der Waals surface area contributed by atoms with Gasteiger partial charge in [-0.2, -0.15) is 11.3 Å². The van der Waals surface area contributed by atoms with Crippen molar-refractivity contribution < 1.29 is 10.0 Å². The van der Waals surface area contributed by atoms with Crippen LogP contribution >= 0.6 is 11.3 Å². The fourth-order valence-electron chi connectivity index (χ4n) is 1.40. The number of nitrogens with two attached hydrogens (primary N) is 1. The molecule has 0 aliphatic carbocycles. The van der Waals surface area contributed by atoms with E-state index in [0.717, 1.165) is 5.56 Å². The molecule has 0 saturated carbocycles. The Morgan fingerprint density at radius 3 is 2.89 bits per heavy atom. The topological polar surface area (TPSA) is 101 Å². The molecule has 0 spiro atoms. The van der Waals surface area contributed by atoms with Gasteiger partial charge in [0.05, 0.1) is 0 Å². The van der Waals surface area contributed by atoms with Gasteiger partial charge in [0.25, 0.3) is 5.91 Å². The molecule has 4 N–H and O–H groups in total. The second kappa shape index (κ2) is 5.96. The number of thiophene rings is 1. The van der Waals surface area contributed by atoms with Gasteiger partial charge in [-0.1, -0.05) is 5.16 Å². The third-order valence-electron chi connectivity index (χ3n) is 2.43. The van der Waals surface area contributed by atoms with Crippen molar-refractivity contribution in [2.24, 2.45) is 10.9 Å². The number of amides is 1. The predicted molar refractivity (Wildman–Crippen MR) is 72.2 cm³/mol. The maximum Gasteiger partial charge on any atom is 0.270 e. The van der Waals surface area contributed by atoms with E-state index >= 15 is 0 Å². The van der Waals surface area contributed by atoms with Gasteiger partial charge in [0, 0.05) is 18.3 Å². The minimum atomic E-state index is -0.266. The van der Waals surface area contributed by atoms with Crippen molar-refractivity contribution in [3.05, 3.63) is 52.0 Å². The van der Waals surface area contributed by atoms with Crippen LogP contribution in [0.5, 0.6) is 0 Å². The summed E-state index contributed by atoms with van der Waals surface area (Å²) in [6, 6.07) is 5.04. The van der Waals surface area contributed by atoms with Gasteiger partial charge >= 0.3 is 0 Å². The Labute approximate surface area is 113 Å². The zero-order valence-corrected chi connectivity index (χ0v) is 10.7. The third-order valence-corrected chi connectivity index (χ3v) is 3.16. The Bertz CT molecular complexity index is 578. The number of aromatic nitrogens is 1. The summed E-state index contributed by atoms with van der Waals surface area (Å²) in [6.45, 7) is 0.464. The zero-order valence-electron chi connectivity index (χ0n) is 9.91. The zero-order chi connectivity index (χ0) is 13.7. The number of carbonyl (C=O) groups excluding carboxylic acids is 1. The van der Waals surface area contributed by atoms with Crippen molar-refractivity contribution in [1.29, 1.82) is 0 Å². The monoisotopic (exact) mass is 276 g/mol. The molecule has 0 radical (unpaired) electrons. The quantitative estimate of drug-likeness (QED) is 0.338. The van der Waals surface area contributed by atoms with Crippen LogP contribution in [0.3, 0.4) is 0 Å². The first-order valence-electron chi connectivity index (χ1n) is 5.44. The second-order valence-corrected chi connectivity index (χ2v) is 4.51. The normalized spacial score (nSPS) is 11.3. The largest absolute Gasteiger partial charge is 0.409 e. The minimum Gasteiger partial charge on any atom is -0.409 e. The molecule has 0 saturated heterocycles. The number of amidine groups is 1. The van der Waals surface area contributed by atoms with Crippen molar-refractivity contribution in [2.75, 3.05) is 0 Å². The predicted octanol–water partition coefficient (Wildman–Crippen LogP) is 1.17. The molecular weight excluding hydrogens is 264 g/mol. The van der Waals surface area contributed by atoms with Crippen LogP contribution in [0, 0.1) is 0 Å². The molecule has 2 aromatic rings. The van der Waals surface area contributed by atoms with E-state index in [2.05, 4.69) is 15.5 Å². The first-order valence-corrected chi connectivity index (χ1v) is 6.38. The Balaban J connectivity index is 1.99. The fourth-order valence-corrected chi connectivity index (χ4v) is 2.07. The van der Waals surface area contributed by atoms with Crippen LogP contribution in [0.25, 0.3) is 0 Å². The molecule has 0 aromatic carbocycles. The number of rotatable bonds is 4. The summed E-state index contributed by atoms with van der Waals surface area (Å²) in [4.78, 5) is 15.8. The molecule has 19 heavy (non-hydrogen) atoms. The van der Waals surface area contributed by atoms with Gasteiger partial charge < -0.3 is 16.3 Å². The fraction of sp³-hybridized carbons (Fsp3) is 0.0833. The van der Waals surface area contributed by atoms with Crippen LogP contribution in [0.4, 0.5) is 0 Å². The van der Waals surface area contributed by atoms with Crippen LogP contribution in [0.15, 0.2) is 40.3 Å². The Hall–Kier alpha value is -2.41. The van der Waals surface area contributed by atoms with E-state index < -0.39 is 0 Å². The number of nitrogens with one attached hydrogen (secondary N) is 1. The lowest BCUT2D eigenvalue weighted by Gasteiger charge is -2.04. The molecule has 1 amide bonds. The smallest absolute Gasteiger partial charge is 0.270 e. The lowest BCUT2D eigenvalue weighted by Crippen LogP contribution is -2.24. The van der Waals surface area contributed by atoms with Crippen molar-refractivity contribution in [3.63, 3.8) is 0 Å². The molecule has 0 unspecified atom stereocenters. The van der Waals surface area contributed by atoms with Gasteiger partial charge in [-0.15, -0.1) is 0 Å². The van der Waals surface area contributed by atoms with E-state index in [1.54, 1.807) is 17.4 Å². The average Bonchev–Trinajstić information content (AvgIpc) is 2.97. The lowest BCUT2D eigenvalue weighted by molar-refractivity contribution is 0.0946. The Morgan fingerprint density at radius 1 is 1.47 bits per heavy atom. The highest BCUT2D eigenvalue weighted by molar-refractivity contribution is 7.07. The lowest BCUT2D eigenvalue weighted by atomic mass is 10.2. The van der Waals surface area contributed by atoms with Crippen molar-refractivity contribution in [2.45, 2.75) is 6.54 Å². The van der Waals surface area contributed by atoms with E-state index in [1.165, 1.54) is 12.3 Å². The average molecular weight is 276 g/mol. The maximum absolute atomic E-state index is 11.8. The van der Waals surface area contributed by atoms with Gasteiger partial charge in [0.15, 0.2) is 5.84 Å². The molecular formula is C12H12N4O2S. The Kier molecular flexibility index (Phi) is 4.09. The number of hydrogen-bond acceptors (Lipinski definition) is 5. The van der Waals surface area contributed by atoms with Crippen molar-refractivity contribution in [1.82, 2.24) is 10.3 Å². The van der Waals surface area contributed by atoms with Crippen LogP contribution in [-0.4, -0.2) is 21.9 Å². The van der Waals surface area contributed by atoms with E-state index in [1.807, 2.05) is 16.8 Å².